The van der Waals surface area contributed by atoms with Gasteiger partial charge in [-0.05, 0) is 42.5 Å². The lowest BCUT2D eigenvalue weighted by Crippen LogP contribution is -1.96. The largest absolute Gasteiger partial charge is 0.338 e. The zero-order valence-corrected chi connectivity index (χ0v) is 12.0. The molecule has 2 aromatic carbocycles. The summed E-state index contributed by atoms with van der Waals surface area (Å²) >= 11 is 0. The van der Waals surface area contributed by atoms with Crippen LogP contribution in [0.3, 0.4) is 0 Å². The van der Waals surface area contributed by atoms with Crippen molar-refractivity contribution in [1.29, 1.82) is 5.26 Å². The lowest BCUT2D eigenvalue weighted by molar-refractivity contribution is 0.602. The second kappa shape index (κ2) is 4.72. The van der Waals surface area contributed by atoms with E-state index in [4.69, 9.17) is 5.26 Å². The Morgan fingerprint density at radius 3 is 2.48 bits per heavy atom. The van der Waals surface area contributed by atoms with Gasteiger partial charge in [0.05, 0.1) is 27.6 Å². The molecule has 0 aliphatic rings. The Labute approximate surface area is 121 Å². The molecule has 0 unspecified atom stereocenters. The third-order valence-corrected chi connectivity index (χ3v) is 4.30. The van der Waals surface area contributed by atoms with Crippen molar-refractivity contribution in [2.24, 2.45) is 0 Å². The van der Waals surface area contributed by atoms with E-state index in [2.05, 4.69) is 16.0 Å². The van der Waals surface area contributed by atoms with E-state index in [1.54, 1.807) is 42.5 Å². The van der Waals surface area contributed by atoms with Crippen LogP contribution in [0.5, 0.6) is 0 Å². The number of hydrogen-bond donors (Lipinski definition) is 1. The van der Waals surface area contributed by atoms with E-state index < -0.39 is 9.84 Å². The summed E-state index contributed by atoms with van der Waals surface area (Å²) in [5, 5.41) is 8.88. The summed E-state index contributed by atoms with van der Waals surface area (Å²) in [5.74, 6) is 0.639. The molecule has 0 aliphatic carbocycles. The minimum Gasteiger partial charge on any atom is -0.338 e. The molecule has 0 atom stereocenters. The zero-order chi connectivity index (χ0) is 15.0. The van der Waals surface area contributed by atoms with Crippen molar-refractivity contribution in [2.75, 3.05) is 6.26 Å². The van der Waals surface area contributed by atoms with Crippen molar-refractivity contribution in [3.05, 3.63) is 48.0 Å². The lowest BCUT2D eigenvalue weighted by atomic mass is 10.2. The molecule has 0 radical (unpaired) electrons. The Morgan fingerprint density at radius 1 is 1.14 bits per heavy atom. The SMILES string of the molecule is CS(=O)(=O)c1ccc(-c2nc3cc(C#N)ccc3[nH]2)cc1. The first kappa shape index (κ1) is 13.3. The summed E-state index contributed by atoms with van der Waals surface area (Å²) in [6.07, 6.45) is 1.17. The number of hydrogen-bond acceptors (Lipinski definition) is 4. The maximum absolute atomic E-state index is 11.4. The predicted octanol–water partition coefficient (Wildman–Crippen LogP) is 2.51. The van der Waals surface area contributed by atoms with E-state index in [9.17, 15) is 8.42 Å². The summed E-state index contributed by atoms with van der Waals surface area (Å²) in [7, 11) is -3.20. The fourth-order valence-corrected chi connectivity index (χ4v) is 2.70. The molecule has 3 aromatic rings. The molecule has 1 aromatic heterocycles. The average Bonchev–Trinajstić information content (AvgIpc) is 2.89. The van der Waals surface area contributed by atoms with Crippen LogP contribution in [0.1, 0.15) is 5.56 Å². The molecule has 0 bridgehead atoms. The molecule has 0 saturated heterocycles. The van der Waals surface area contributed by atoms with E-state index in [0.717, 1.165) is 11.1 Å². The molecule has 21 heavy (non-hydrogen) atoms. The van der Waals surface area contributed by atoms with E-state index in [1.807, 2.05) is 0 Å². The maximum atomic E-state index is 11.4. The van der Waals surface area contributed by atoms with Crippen LogP contribution >= 0.6 is 0 Å². The Balaban J connectivity index is 2.06. The van der Waals surface area contributed by atoms with Gasteiger partial charge in [-0.15, -0.1) is 0 Å². The van der Waals surface area contributed by atoms with Crippen LogP contribution in [0, 0.1) is 11.3 Å². The summed E-state index contributed by atoms with van der Waals surface area (Å²) < 4.78 is 22.9. The Bertz CT molecular complexity index is 964. The number of fused-ring (bicyclic) bond motifs is 1. The second-order valence-corrected chi connectivity index (χ2v) is 6.74. The first-order chi connectivity index (χ1) is 9.97. The highest BCUT2D eigenvalue weighted by molar-refractivity contribution is 7.90. The Morgan fingerprint density at radius 2 is 1.86 bits per heavy atom. The van der Waals surface area contributed by atoms with Gasteiger partial charge in [-0.25, -0.2) is 13.4 Å². The molecular formula is C15H11N3O2S. The van der Waals surface area contributed by atoms with Gasteiger partial charge in [0.2, 0.25) is 0 Å². The van der Waals surface area contributed by atoms with Crippen LogP contribution in [0.2, 0.25) is 0 Å². The molecule has 0 spiro atoms. The number of nitrogens with zero attached hydrogens (tertiary/aromatic N) is 2. The highest BCUT2D eigenvalue weighted by Gasteiger charge is 2.09. The van der Waals surface area contributed by atoms with Gasteiger partial charge in [0.15, 0.2) is 9.84 Å². The van der Waals surface area contributed by atoms with Crippen LogP contribution in [0.25, 0.3) is 22.4 Å². The quantitative estimate of drug-likeness (QED) is 0.787. The molecule has 0 fully saturated rings. The van der Waals surface area contributed by atoms with Crippen LogP contribution in [-0.2, 0) is 9.84 Å². The summed E-state index contributed by atoms with van der Waals surface area (Å²) in [6, 6.07) is 13.8. The number of sulfone groups is 1. The number of H-pyrrole nitrogens is 1. The Hall–Kier alpha value is -2.65. The Kier molecular flexibility index (Phi) is 3.00. The van der Waals surface area contributed by atoms with E-state index in [0.29, 0.717) is 16.9 Å². The molecule has 6 heteroatoms. The molecule has 0 saturated carbocycles. The fraction of sp³-hybridized carbons (Fsp3) is 0.0667. The van der Waals surface area contributed by atoms with Gasteiger partial charge in [0.25, 0.3) is 0 Å². The van der Waals surface area contributed by atoms with Crippen molar-refractivity contribution in [3.63, 3.8) is 0 Å². The first-order valence-electron chi connectivity index (χ1n) is 6.18. The van der Waals surface area contributed by atoms with Gasteiger partial charge in [-0.3, -0.25) is 0 Å². The molecule has 3 rings (SSSR count). The zero-order valence-electron chi connectivity index (χ0n) is 11.2. The van der Waals surface area contributed by atoms with Crippen molar-refractivity contribution in [2.45, 2.75) is 4.90 Å². The summed E-state index contributed by atoms with van der Waals surface area (Å²) in [5.41, 5.74) is 2.87. The molecule has 0 aliphatic heterocycles. The van der Waals surface area contributed by atoms with Gasteiger partial charge in [-0.2, -0.15) is 5.26 Å². The molecule has 0 amide bonds. The van der Waals surface area contributed by atoms with E-state index >= 15 is 0 Å². The minimum absolute atomic E-state index is 0.272. The summed E-state index contributed by atoms with van der Waals surface area (Å²) in [4.78, 5) is 7.85. The van der Waals surface area contributed by atoms with Crippen LogP contribution in [0.4, 0.5) is 0 Å². The van der Waals surface area contributed by atoms with Gasteiger partial charge < -0.3 is 4.98 Å². The number of nitrogens with one attached hydrogen (secondary N) is 1. The number of nitriles is 1. The minimum atomic E-state index is -3.20. The molecule has 1 heterocycles. The number of imidazole rings is 1. The van der Waals surface area contributed by atoms with E-state index in [1.165, 1.54) is 6.26 Å². The van der Waals surface area contributed by atoms with E-state index in [-0.39, 0.29) is 4.90 Å². The highest BCUT2D eigenvalue weighted by Crippen LogP contribution is 2.22. The molecule has 5 nitrogen and oxygen atoms in total. The van der Waals surface area contributed by atoms with Gasteiger partial charge in [0, 0.05) is 11.8 Å². The lowest BCUT2D eigenvalue weighted by Gasteiger charge is -1.99. The topological polar surface area (TPSA) is 86.6 Å². The third-order valence-electron chi connectivity index (χ3n) is 3.17. The fourth-order valence-electron chi connectivity index (χ4n) is 2.07. The summed E-state index contributed by atoms with van der Waals surface area (Å²) in [6.45, 7) is 0. The highest BCUT2D eigenvalue weighted by atomic mass is 32.2. The van der Waals surface area contributed by atoms with Gasteiger partial charge in [0.1, 0.15) is 5.82 Å². The van der Waals surface area contributed by atoms with Crippen LogP contribution in [0.15, 0.2) is 47.4 Å². The van der Waals surface area contributed by atoms with Gasteiger partial charge in [-0.1, -0.05) is 0 Å². The van der Waals surface area contributed by atoms with Crippen LogP contribution < -0.4 is 0 Å². The first-order valence-corrected chi connectivity index (χ1v) is 8.07. The van der Waals surface area contributed by atoms with Gasteiger partial charge >= 0.3 is 0 Å². The number of aromatic amines is 1. The standard InChI is InChI=1S/C15H11N3O2S/c1-21(19,20)12-5-3-11(4-6-12)15-17-13-7-2-10(9-16)8-14(13)18-15/h2-8H,1H3,(H,17,18). The number of rotatable bonds is 2. The molecule has 1 N–H and O–H groups in total. The predicted molar refractivity (Wildman–Crippen MR) is 79.4 cm³/mol. The van der Waals surface area contributed by atoms with Crippen molar-refractivity contribution in [3.8, 4) is 17.5 Å². The monoisotopic (exact) mass is 297 g/mol. The number of benzene rings is 2. The van der Waals surface area contributed by atoms with Crippen molar-refractivity contribution < 1.29 is 8.42 Å². The van der Waals surface area contributed by atoms with Crippen molar-refractivity contribution >= 4 is 20.9 Å². The maximum Gasteiger partial charge on any atom is 0.175 e. The normalized spacial score (nSPS) is 11.4. The van der Waals surface area contributed by atoms with Crippen molar-refractivity contribution in [1.82, 2.24) is 9.97 Å². The molecule has 104 valence electrons. The average molecular weight is 297 g/mol. The van der Waals surface area contributed by atoms with Crippen LogP contribution in [-0.4, -0.2) is 24.6 Å². The molecular weight excluding hydrogens is 286 g/mol. The number of aromatic nitrogens is 2. The third kappa shape index (κ3) is 2.51. The smallest absolute Gasteiger partial charge is 0.175 e. The second-order valence-electron chi connectivity index (χ2n) is 4.73.